The molecule has 1 aromatic rings. The van der Waals surface area contributed by atoms with Gasteiger partial charge in [0.15, 0.2) is 0 Å². The zero-order chi connectivity index (χ0) is 13.7. The van der Waals surface area contributed by atoms with Gasteiger partial charge >= 0.3 is 0 Å². The maximum Gasteiger partial charge on any atom is 0.252 e. The lowest BCUT2D eigenvalue weighted by Gasteiger charge is -2.19. The average molecular weight is 261 g/mol. The first-order chi connectivity index (χ1) is 9.16. The van der Waals surface area contributed by atoms with Gasteiger partial charge in [0.05, 0.1) is 6.21 Å². The van der Waals surface area contributed by atoms with Crippen LogP contribution in [0.3, 0.4) is 0 Å². The summed E-state index contributed by atoms with van der Waals surface area (Å²) in [5, 5.41) is 15.6. The lowest BCUT2D eigenvalue weighted by Crippen LogP contribution is -2.43. The standard InChI is InChI=1S/C13H15N3O3/c17-10-5-3-9(4-6-10)8-15-16-13(19)11-2-1-7-14-12(11)18/h3-6,8,11,17H,1-2,7H2,(H,14,18)(H,16,19)/b15-8-/t11-/m1/s1. The summed E-state index contributed by atoms with van der Waals surface area (Å²) in [6.45, 7) is 0.624. The summed E-state index contributed by atoms with van der Waals surface area (Å²) >= 11 is 0. The van der Waals surface area contributed by atoms with Crippen molar-refractivity contribution in [1.82, 2.24) is 10.7 Å². The largest absolute Gasteiger partial charge is 0.508 e. The second-order valence-electron chi connectivity index (χ2n) is 4.31. The van der Waals surface area contributed by atoms with Gasteiger partial charge in [-0.2, -0.15) is 5.10 Å². The number of phenols is 1. The Morgan fingerprint density at radius 2 is 2.16 bits per heavy atom. The van der Waals surface area contributed by atoms with Crippen molar-refractivity contribution in [3.8, 4) is 5.75 Å². The Kier molecular flexibility index (Phi) is 4.12. The van der Waals surface area contributed by atoms with Gasteiger partial charge in [0, 0.05) is 6.54 Å². The molecule has 0 unspecified atom stereocenters. The fraction of sp³-hybridized carbons (Fsp3) is 0.308. The minimum atomic E-state index is -0.661. The number of phenolic OH excluding ortho intramolecular Hbond substituents is 1. The Hall–Kier alpha value is -2.37. The van der Waals surface area contributed by atoms with Crippen LogP contribution in [0.1, 0.15) is 18.4 Å². The van der Waals surface area contributed by atoms with E-state index in [0.29, 0.717) is 13.0 Å². The van der Waals surface area contributed by atoms with Gasteiger partial charge in [0.1, 0.15) is 11.7 Å². The Bertz CT molecular complexity index is 496. The van der Waals surface area contributed by atoms with E-state index in [0.717, 1.165) is 12.0 Å². The highest BCUT2D eigenvalue weighted by atomic mass is 16.3. The summed E-state index contributed by atoms with van der Waals surface area (Å²) in [6, 6.07) is 6.38. The molecule has 2 amide bonds. The van der Waals surface area contributed by atoms with Crippen LogP contribution in [0.5, 0.6) is 5.75 Å². The summed E-state index contributed by atoms with van der Waals surface area (Å²) in [5.41, 5.74) is 3.09. The molecule has 3 N–H and O–H groups in total. The van der Waals surface area contributed by atoms with Crippen molar-refractivity contribution in [2.75, 3.05) is 6.54 Å². The van der Waals surface area contributed by atoms with Crippen LogP contribution >= 0.6 is 0 Å². The predicted molar refractivity (Wildman–Crippen MR) is 69.6 cm³/mol. The zero-order valence-electron chi connectivity index (χ0n) is 10.3. The van der Waals surface area contributed by atoms with Crippen molar-refractivity contribution >= 4 is 18.0 Å². The highest BCUT2D eigenvalue weighted by Crippen LogP contribution is 2.11. The number of aromatic hydroxyl groups is 1. The van der Waals surface area contributed by atoms with E-state index < -0.39 is 11.8 Å². The summed E-state index contributed by atoms with van der Waals surface area (Å²) in [7, 11) is 0. The molecule has 1 aliphatic rings. The molecule has 1 aromatic carbocycles. The topological polar surface area (TPSA) is 90.8 Å². The first kappa shape index (κ1) is 13.1. The van der Waals surface area contributed by atoms with Crippen molar-refractivity contribution < 1.29 is 14.7 Å². The summed E-state index contributed by atoms with van der Waals surface area (Å²) in [6.07, 6.45) is 2.80. The monoisotopic (exact) mass is 261 g/mol. The molecule has 1 saturated heterocycles. The number of carbonyl (C=O) groups excluding carboxylic acids is 2. The average Bonchev–Trinajstić information content (AvgIpc) is 2.41. The second-order valence-corrected chi connectivity index (χ2v) is 4.31. The molecule has 0 radical (unpaired) electrons. The Balaban J connectivity index is 1.89. The number of hydrazone groups is 1. The number of carbonyl (C=O) groups is 2. The number of nitrogens with zero attached hydrogens (tertiary/aromatic N) is 1. The number of rotatable bonds is 3. The van der Waals surface area contributed by atoms with Crippen LogP contribution in [0, 0.1) is 5.92 Å². The molecule has 100 valence electrons. The molecular formula is C13H15N3O3. The minimum Gasteiger partial charge on any atom is -0.508 e. The van der Waals surface area contributed by atoms with E-state index in [1.807, 2.05) is 0 Å². The molecule has 0 bridgehead atoms. The quantitative estimate of drug-likeness (QED) is 0.417. The molecule has 0 aromatic heterocycles. The van der Waals surface area contributed by atoms with Gasteiger partial charge in [-0.1, -0.05) is 0 Å². The minimum absolute atomic E-state index is 0.167. The molecule has 0 saturated carbocycles. The molecule has 19 heavy (non-hydrogen) atoms. The number of benzene rings is 1. The van der Waals surface area contributed by atoms with Gasteiger partial charge in [-0.3, -0.25) is 9.59 Å². The van der Waals surface area contributed by atoms with Crippen LogP contribution in [0.4, 0.5) is 0 Å². The van der Waals surface area contributed by atoms with E-state index in [9.17, 15) is 9.59 Å². The summed E-state index contributed by atoms with van der Waals surface area (Å²) in [5.74, 6) is -1.14. The van der Waals surface area contributed by atoms with Crippen LogP contribution < -0.4 is 10.7 Å². The third-order valence-corrected chi connectivity index (χ3v) is 2.88. The van der Waals surface area contributed by atoms with Crippen molar-refractivity contribution in [2.45, 2.75) is 12.8 Å². The number of hydrogen-bond donors (Lipinski definition) is 3. The van der Waals surface area contributed by atoms with E-state index in [1.54, 1.807) is 12.1 Å². The number of piperidine rings is 1. The van der Waals surface area contributed by atoms with Crippen molar-refractivity contribution in [2.24, 2.45) is 11.0 Å². The van der Waals surface area contributed by atoms with Crippen molar-refractivity contribution in [1.29, 1.82) is 0 Å². The summed E-state index contributed by atoms with van der Waals surface area (Å²) < 4.78 is 0. The van der Waals surface area contributed by atoms with Crippen LogP contribution in [0.15, 0.2) is 29.4 Å². The predicted octanol–water partition coefficient (Wildman–Crippen LogP) is 0.369. The molecule has 1 heterocycles. The molecule has 2 rings (SSSR count). The zero-order valence-corrected chi connectivity index (χ0v) is 10.3. The van der Waals surface area contributed by atoms with Crippen LogP contribution in [0.2, 0.25) is 0 Å². The van der Waals surface area contributed by atoms with Gasteiger partial charge < -0.3 is 10.4 Å². The first-order valence-electron chi connectivity index (χ1n) is 6.06. The van der Waals surface area contributed by atoms with Gasteiger partial charge in [-0.15, -0.1) is 0 Å². The second kappa shape index (κ2) is 5.99. The fourth-order valence-corrected chi connectivity index (χ4v) is 1.83. The highest BCUT2D eigenvalue weighted by Gasteiger charge is 2.28. The van der Waals surface area contributed by atoms with Crippen LogP contribution in [-0.4, -0.2) is 29.7 Å². The van der Waals surface area contributed by atoms with E-state index in [-0.39, 0.29) is 11.7 Å². The fourth-order valence-electron chi connectivity index (χ4n) is 1.83. The Morgan fingerprint density at radius 1 is 1.42 bits per heavy atom. The SMILES string of the molecule is O=C1NCCC[C@H]1C(=O)N/N=C\c1ccc(O)cc1. The lowest BCUT2D eigenvalue weighted by molar-refractivity contribution is -0.136. The maximum atomic E-state index is 11.7. The van der Waals surface area contributed by atoms with Crippen molar-refractivity contribution in [3.05, 3.63) is 29.8 Å². The van der Waals surface area contributed by atoms with E-state index in [2.05, 4.69) is 15.8 Å². The molecule has 6 heteroatoms. The Morgan fingerprint density at radius 3 is 2.84 bits per heavy atom. The molecule has 0 spiro atoms. The van der Waals surface area contributed by atoms with Gasteiger partial charge in [0.2, 0.25) is 5.91 Å². The number of hydrogen-bond acceptors (Lipinski definition) is 4. The van der Waals surface area contributed by atoms with Gasteiger partial charge in [-0.05, 0) is 42.7 Å². The highest BCUT2D eigenvalue weighted by molar-refractivity contribution is 6.00. The third kappa shape index (κ3) is 3.54. The number of nitrogens with one attached hydrogen (secondary N) is 2. The number of amides is 2. The third-order valence-electron chi connectivity index (χ3n) is 2.88. The molecule has 0 aliphatic carbocycles. The molecule has 1 aliphatic heterocycles. The first-order valence-corrected chi connectivity index (χ1v) is 6.06. The van der Waals surface area contributed by atoms with Gasteiger partial charge in [-0.25, -0.2) is 5.43 Å². The summed E-state index contributed by atoms with van der Waals surface area (Å²) in [4.78, 5) is 23.2. The van der Waals surface area contributed by atoms with E-state index in [4.69, 9.17) is 5.11 Å². The van der Waals surface area contributed by atoms with Crippen LogP contribution in [-0.2, 0) is 9.59 Å². The van der Waals surface area contributed by atoms with E-state index in [1.165, 1.54) is 18.3 Å². The lowest BCUT2D eigenvalue weighted by atomic mass is 9.98. The molecular weight excluding hydrogens is 246 g/mol. The molecule has 1 fully saturated rings. The molecule has 6 nitrogen and oxygen atoms in total. The maximum absolute atomic E-state index is 11.7. The Labute approximate surface area is 110 Å². The molecule has 1 atom stereocenters. The van der Waals surface area contributed by atoms with Crippen molar-refractivity contribution in [3.63, 3.8) is 0 Å². The van der Waals surface area contributed by atoms with E-state index >= 15 is 0 Å². The smallest absolute Gasteiger partial charge is 0.252 e. The van der Waals surface area contributed by atoms with Gasteiger partial charge in [0.25, 0.3) is 5.91 Å². The van der Waals surface area contributed by atoms with Crippen LogP contribution in [0.25, 0.3) is 0 Å². The normalized spacial score (nSPS) is 19.2.